The number of carbonyl (C=O) groups excluding carboxylic acids is 1. The Hall–Kier alpha value is -3.02. The molecular weight excluding hydrogens is 420 g/mol. The maximum atomic E-state index is 14.0. The molecule has 6 heteroatoms. The van der Waals surface area contributed by atoms with Gasteiger partial charge in [-0.3, -0.25) is 4.79 Å². The first kappa shape index (κ1) is 23.1. The molecule has 1 aliphatic heterocycles. The molecule has 4 rings (SSSR count). The number of anilines is 1. The number of hydrogen-bond donors (Lipinski definition) is 1. The Balaban J connectivity index is 1.68. The van der Waals surface area contributed by atoms with E-state index in [1.165, 1.54) is 6.07 Å². The van der Waals surface area contributed by atoms with E-state index in [1.54, 1.807) is 12.3 Å². The number of Topliss-reactive ketones (excluding diaryl/α,β-unsaturated/α-hetero) is 1. The van der Waals surface area contributed by atoms with E-state index >= 15 is 0 Å². The molecule has 174 valence electrons. The fourth-order valence-corrected chi connectivity index (χ4v) is 5.08. The third-order valence-corrected chi connectivity index (χ3v) is 7.24. The van der Waals surface area contributed by atoms with E-state index in [-0.39, 0.29) is 23.8 Å². The van der Waals surface area contributed by atoms with E-state index < -0.39 is 17.0 Å². The number of nitrogens with zero attached hydrogens (tertiary/aromatic N) is 2. The Morgan fingerprint density at radius 3 is 2.45 bits per heavy atom. The van der Waals surface area contributed by atoms with Crippen LogP contribution < -0.4 is 5.32 Å². The second-order valence-corrected chi connectivity index (χ2v) is 9.66. The van der Waals surface area contributed by atoms with Gasteiger partial charge in [0, 0.05) is 11.8 Å². The van der Waals surface area contributed by atoms with Crippen LogP contribution in [0.15, 0.2) is 54.7 Å². The molecule has 3 aromatic rings. The molecule has 0 saturated heterocycles. The summed E-state index contributed by atoms with van der Waals surface area (Å²) < 4.78 is 29.5. The summed E-state index contributed by atoms with van der Waals surface area (Å²) in [5, 5.41) is 8.11. The molecule has 1 N–H and O–H groups in total. The van der Waals surface area contributed by atoms with Gasteiger partial charge in [0.15, 0.2) is 17.4 Å². The Bertz CT molecular complexity index is 1150. The van der Waals surface area contributed by atoms with Gasteiger partial charge in [-0.2, -0.15) is 5.10 Å². The molecule has 1 aliphatic rings. The van der Waals surface area contributed by atoms with E-state index in [9.17, 15) is 13.6 Å². The lowest BCUT2D eigenvalue weighted by atomic mass is 9.71. The number of rotatable bonds is 7. The van der Waals surface area contributed by atoms with Crippen molar-refractivity contribution in [2.45, 2.75) is 70.4 Å². The molecule has 0 fully saturated rings. The smallest absolute Gasteiger partial charge is 0.169 e. The van der Waals surface area contributed by atoms with Crippen molar-refractivity contribution in [3.05, 3.63) is 83.1 Å². The zero-order valence-electron chi connectivity index (χ0n) is 19.7. The Labute approximate surface area is 194 Å². The molecule has 0 amide bonds. The molecule has 4 nitrogen and oxygen atoms in total. The molecule has 1 atom stereocenters. The normalized spacial score (nSPS) is 17.3. The third-order valence-electron chi connectivity index (χ3n) is 7.24. The zero-order chi connectivity index (χ0) is 23.8. The first-order valence-electron chi connectivity index (χ1n) is 11.6. The molecular formula is C27H31F2N3O. The van der Waals surface area contributed by atoms with Crippen molar-refractivity contribution in [3.8, 4) is 0 Å². The highest BCUT2D eigenvalue weighted by atomic mass is 19.2. The van der Waals surface area contributed by atoms with Crippen LogP contribution in [0.5, 0.6) is 0 Å². The highest BCUT2D eigenvalue weighted by Gasteiger charge is 2.38. The highest BCUT2D eigenvalue weighted by Crippen LogP contribution is 2.42. The lowest BCUT2D eigenvalue weighted by Gasteiger charge is -2.38. The van der Waals surface area contributed by atoms with Crippen molar-refractivity contribution in [1.82, 2.24) is 9.78 Å². The standard InChI is InChI=1S/C27H31F2N3O/c1-5-27(6-2,19-12-13-21(28)22(29)14-19)16-24(33)20-17-30-32-25(20)31-23(15-26(32,3)4)18-10-8-7-9-11-18/h7-14,17,23,31H,5-6,15-16H2,1-4H3. The minimum atomic E-state index is -0.886. The van der Waals surface area contributed by atoms with Gasteiger partial charge in [0.1, 0.15) is 5.82 Å². The van der Waals surface area contributed by atoms with Gasteiger partial charge in [0.2, 0.25) is 0 Å². The predicted molar refractivity (Wildman–Crippen MR) is 127 cm³/mol. The number of nitrogens with one attached hydrogen (secondary N) is 1. The van der Waals surface area contributed by atoms with Crippen molar-refractivity contribution < 1.29 is 13.6 Å². The Morgan fingerprint density at radius 1 is 1.12 bits per heavy atom. The molecule has 0 spiro atoms. The molecule has 33 heavy (non-hydrogen) atoms. The monoisotopic (exact) mass is 451 g/mol. The van der Waals surface area contributed by atoms with E-state index in [1.807, 2.05) is 36.7 Å². The van der Waals surface area contributed by atoms with E-state index in [0.717, 1.165) is 23.9 Å². The summed E-state index contributed by atoms with van der Waals surface area (Å²) in [6.45, 7) is 8.22. The average Bonchev–Trinajstić information content (AvgIpc) is 3.25. The van der Waals surface area contributed by atoms with Crippen molar-refractivity contribution in [1.29, 1.82) is 0 Å². The maximum Gasteiger partial charge on any atom is 0.169 e. The average molecular weight is 452 g/mol. The van der Waals surface area contributed by atoms with Crippen LogP contribution in [0.2, 0.25) is 0 Å². The summed E-state index contributed by atoms with van der Waals surface area (Å²) >= 11 is 0. The fourth-order valence-electron chi connectivity index (χ4n) is 5.08. The largest absolute Gasteiger partial charge is 0.363 e. The molecule has 2 heterocycles. The fraction of sp³-hybridized carbons (Fsp3) is 0.407. The van der Waals surface area contributed by atoms with Crippen LogP contribution in [0.25, 0.3) is 0 Å². The van der Waals surface area contributed by atoms with Gasteiger partial charge in [-0.15, -0.1) is 0 Å². The summed E-state index contributed by atoms with van der Waals surface area (Å²) in [5.41, 5.74) is 1.50. The summed E-state index contributed by atoms with van der Waals surface area (Å²) in [4.78, 5) is 13.6. The van der Waals surface area contributed by atoms with E-state index in [4.69, 9.17) is 0 Å². The lowest BCUT2D eigenvalue weighted by Crippen LogP contribution is -2.38. The van der Waals surface area contributed by atoms with Crippen LogP contribution in [0.3, 0.4) is 0 Å². The van der Waals surface area contributed by atoms with Crippen LogP contribution in [-0.2, 0) is 11.0 Å². The first-order valence-corrected chi connectivity index (χ1v) is 11.6. The highest BCUT2D eigenvalue weighted by molar-refractivity contribution is 6.01. The van der Waals surface area contributed by atoms with Crippen LogP contribution in [0.1, 0.15) is 80.9 Å². The molecule has 1 aromatic heterocycles. The predicted octanol–water partition coefficient (Wildman–Crippen LogP) is 6.78. The first-order chi connectivity index (χ1) is 15.7. The van der Waals surface area contributed by atoms with Crippen molar-refractivity contribution >= 4 is 11.6 Å². The zero-order valence-corrected chi connectivity index (χ0v) is 19.7. The number of fused-ring (bicyclic) bond motifs is 1. The quantitative estimate of drug-likeness (QED) is 0.403. The number of benzene rings is 2. The minimum Gasteiger partial charge on any atom is -0.363 e. The molecule has 0 aliphatic carbocycles. The third kappa shape index (κ3) is 4.19. The van der Waals surface area contributed by atoms with Gasteiger partial charge >= 0.3 is 0 Å². The van der Waals surface area contributed by atoms with E-state index in [2.05, 4.69) is 36.4 Å². The molecule has 0 radical (unpaired) electrons. The summed E-state index contributed by atoms with van der Waals surface area (Å²) in [6.07, 6.45) is 3.94. The van der Waals surface area contributed by atoms with Crippen LogP contribution in [0, 0.1) is 11.6 Å². The van der Waals surface area contributed by atoms with Gasteiger partial charge in [0.25, 0.3) is 0 Å². The number of ketones is 1. The van der Waals surface area contributed by atoms with Crippen molar-refractivity contribution in [3.63, 3.8) is 0 Å². The molecule has 0 bridgehead atoms. The van der Waals surface area contributed by atoms with Crippen LogP contribution in [-0.4, -0.2) is 15.6 Å². The molecule has 0 saturated carbocycles. The lowest BCUT2D eigenvalue weighted by molar-refractivity contribution is 0.0944. The summed E-state index contributed by atoms with van der Waals surface area (Å²) in [6, 6.07) is 14.2. The molecule has 1 unspecified atom stereocenters. The maximum absolute atomic E-state index is 14.0. The topological polar surface area (TPSA) is 46.9 Å². The Kier molecular flexibility index (Phi) is 6.12. The SMILES string of the molecule is CCC(CC)(CC(=O)c1cnn2c1NC(c1ccccc1)CC2(C)C)c1ccc(F)c(F)c1. The summed E-state index contributed by atoms with van der Waals surface area (Å²) in [5.74, 6) is -1.10. The van der Waals surface area contributed by atoms with E-state index in [0.29, 0.717) is 24.0 Å². The van der Waals surface area contributed by atoms with Gasteiger partial charge < -0.3 is 5.32 Å². The number of aromatic nitrogens is 2. The molecule has 2 aromatic carbocycles. The van der Waals surface area contributed by atoms with Crippen LogP contribution in [0.4, 0.5) is 14.6 Å². The van der Waals surface area contributed by atoms with Gasteiger partial charge in [-0.05, 0) is 56.4 Å². The number of halogens is 2. The summed E-state index contributed by atoms with van der Waals surface area (Å²) in [7, 11) is 0. The number of hydrogen-bond acceptors (Lipinski definition) is 3. The van der Waals surface area contributed by atoms with Crippen molar-refractivity contribution in [2.75, 3.05) is 5.32 Å². The van der Waals surface area contributed by atoms with Gasteiger partial charge in [-0.25, -0.2) is 13.5 Å². The van der Waals surface area contributed by atoms with Crippen LogP contribution >= 0.6 is 0 Å². The number of carbonyl (C=O) groups is 1. The van der Waals surface area contributed by atoms with Gasteiger partial charge in [-0.1, -0.05) is 50.2 Å². The Morgan fingerprint density at radius 2 is 1.82 bits per heavy atom. The minimum absolute atomic E-state index is 0.0540. The van der Waals surface area contributed by atoms with Gasteiger partial charge in [0.05, 0.1) is 23.3 Å². The van der Waals surface area contributed by atoms with Crippen molar-refractivity contribution in [2.24, 2.45) is 0 Å². The second-order valence-electron chi connectivity index (χ2n) is 9.66. The second kappa shape index (κ2) is 8.73.